The zero-order valence-electron chi connectivity index (χ0n) is 16.8. The third-order valence-corrected chi connectivity index (χ3v) is 6.49. The third-order valence-electron chi connectivity index (χ3n) is 6.49. The minimum atomic E-state index is 0.379. The van der Waals surface area contributed by atoms with Gasteiger partial charge in [0.15, 0.2) is 5.65 Å². The van der Waals surface area contributed by atoms with E-state index in [2.05, 4.69) is 25.5 Å². The Balaban J connectivity index is 1.31. The number of rotatable bonds is 4. The molecule has 9 heteroatoms. The fraction of sp³-hybridized carbons (Fsp3) is 0.429. The topological polar surface area (TPSA) is 102 Å². The minimum absolute atomic E-state index is 0.379. The van der Waals surface area contributed by atoms with Crippen molar-refractivity contribution in [2.75, 3.05) is 25.6 Å². The molecule has 5 heterocycles. The normalized spacial score (nSPS) is 18.7. The Labute approximate surface area is 172 Å². The second kappa shape index (κ2) is 6.66. The number of aromatic amines is 1. The first-order valence-electron chi connectivity index (χ1n) is 10.3. The van der Waals surface area contributed by atoms with Crippen molar-refractivity contribution in [2.24, 2.45) is 5.41 Å². The molecule has 0 aromatic carbocycles. The van der Waals surface area contributed by atoms with Gasteiger partial charge in [-0.15, -0.1) is 10.2 Å². The number of ether oxygens (including phenoxy) is 2. The van der Waals surface area contributed by atoms with Crippen LogP contribution in [0.3, 0.4) is 0 Å². The Morgan fingerprint density at radius 3 is 2.87 bits per heavy atom. The van der Waals surface area contributed by atoms with Gasteiger partial charge >= 0.3 is 0 Å². The quantitative estimate of drug-likeness (QED) is 0.538. The lowest BCUT2D eigenvalue weighted by Gasteiger charge is -2.46. The van der Waals surface area contributed by atoms with Crippen LogP contribution in [0.15, 0.2) is 30.9 Å². The monoisotopic (exact) mass is 405 g/mol. The van der Waals surface area contributed by atoms with E-state index in [4.69, 9.17) is 14.5 Å². The highest BCUT2D eigenvalue weighted by Gasteiger charge is 2.41. The Bertz CT molecular complexity index is 1220. The number of anilines is 1. The van der Waals surface area contributed by atoms with Crippen LogP contribution in [0.25, 0.3) is 27.8 Å². The molecule has 2 aliphatic rings. The maximum atomic E-state index is 5.65. The van der Waals surface area contributed by atoms with E-state index in [9.17, 15) is 0 Å². The van der Waals surface area contributed by atoms with Gasteiger partial charge in [-0.3, -0.25) is 4.40 Å². The van der Waals surface area contributed by atoms with Crippen LogP contribution in [0.1, 0.15) is 25.7 Å². The molecular formula is C21H23N7O2. The molecule has 0 bridgehead atoms. The van der Waals surface area contributed by atoms with Crippen LogP contribution in [0.4, 0.5) is 5.95 Å². The highest BCUT2D eigenvalue weighted by Crippen LogP contribution is 2.43. The Morgan fingerprint density at radius 1 is 1.23 bits per heavy atom. The minimum Gasteiger partial charge on any atom is -0.480 e. The molecule has 6 rings (SSSR count). The lowest BCUT2D eigenvalue weighted by Crippen LogP contribution is -2.47. The average molecular weight is 405 g/mol. The molecule has 4 aromatic heterocycles. The fourth-order valence-corrected chi connectivity index (χ4v) is 4.66. The van der Waals surface area contributed by atoms with Gasteiger partial charge in [-0.2, -0.15) is 9.97 Å². The predicted molar refractivity (Wildman–Crippen MR) is 112 cm³/mol. The molecule has 154 valence electrons. The zero-order valence-corrected chi connectivity index (χ0v) is 16.8. The highest BCUT2D eigenvalue weighted by molar-refractivity contribution is 5.97. The van der Waals surface area contributed by atoms with Crippen molar-refractivity contribution in [3.05, 3.63) is 30.9 Å². The van der Waals surface area contributed by atoms with Crippen molar-refractivity contribution >= 4 is 22.6 Å². The molecule has 30 heavy (non-hydrogen) atoms. The first-order chi connectivity index (χ1) is 14.7. The first-order valence-corrected chi connectivity index (χ1v) is 10.3. The predicted octanol–water partition coefficient (Wildman–Crippen LogP) is 3.05. The first kappa shape index (κ1) is 17.6. The van der Waals surface area contributed by atoms with Gasteiger partial charge in [0, 0.05) is 35.0 Å². The second-order valence-electron chi connectivity index (χ2n) is 8.41. The SMILES string of the molecule is COc1nc(NC2CCC3(CC2)COC3)nc2[nH]cc(-c3ccc4nncn4c3)c12. The number of aromatic nitrogens is 6. The van der Waals surface area contributed by atoms with Gasteiger partial charge in [-0.05, 0) is 37.8 Å². The summed E-state index contributed by atoms with van der Waals surface area (Å²) >= 11 is 0. The summed E-state index contributed by atoms with van der Waals surface area (Å²) in [5.74, 6) is 1.16. The van der Waals surface area contributed by atoms with E-state index in [0.717, 1.165) is 53.9 Å². The summed E-state index contributed by atoms with van der Waals surface area (Å²) in [6.07, 6.45) is 10.2. The van der Waals surface area contributed by atoms with E-state index in [1.165, 1.54) is 12.8 Å². The molecule has 0 atom stereocenters. The van der Waals surface area contributed by atoms with Crippen LogP contribution in [0.2, 0.25) is 0 Å². The van der Waals surface area contributed by atoms with E-state index >= 15 is 0 Å². The van der Waals surface area contributed by atoms with E-state index in [1.54, 1.807) is 13.4 Å². The second-order valence-corrected chi connectivity index (χ2v) is 8.41. The molecule has 2 fully saturated rings. The number of hydrogen-bond acceptors (Lipinski definition) is 7. The molecule has 1 aliphatic heterocycles. The van der Waals surface area contributed by atoms with Gasteiger partial charge < -0.3 is 19.8 Å². The molecule has 0 radical (unpaired) electrons. The van der Waals surface area contributed by atoms with Crippen molar-refractivity contribution in [3.8, 4) is 17.0 Å². The largest absolute Gasteiger partial charge is 0.480 e. The molecular weight excluding hydrogens is 382 g/mol. The van der Waals surface area contributed by atoms with Crippen LogP contribution >= 0.6 is 0 Å². The van der Waals surface area contributed by atoms with Crippen molar-refractivity contribution < 1.29 is 9.47 Å². The summed E-state index contributed by atoms with van der Waals surface area (Å²) in [6.45, 7) is 1.84. The van der Waals surface area contributed by atoms with Crippen molar-refractivity contribution in [1.29, 1.82) is 0 Å². The van der Waals surface area contributed by atoms with Gasteiger partial charge in [0.25, 0.3) is 0 Å². The molecule has 0 amide bonds. The molecule has 1 saturated carbocycles. The summed E-state index contributed by atoms with van der Waals surface area (Å²) in [4.78, 5) is 12.7. The number of methoxy groups -OCH3 is 1. The van der Waals surface area contributed by atoms with E-state index in [1.807, 2.05) is 28.9 Å². The summed E-state index contributed by atoms with van der Waals surface area (Å²) < 4.78 is 13.0. The summed E-state index contributed by atoms with van der Waals surface area (Å²) in [7, 11) is 1.65. The molecule has 2 N–H and O–H groups in total. The number of nitrogens with zero attached hydrogens (tertiary/aromatic N) is 5. The van der Waals surface area contributed by atoms with Crippen LogP contribution in [-0.2, 0) is 4.74 Å². The molecule has 9 nitrogen and oxygen atoms in total. The van der Waals surface area contributed by atoms with Crippen molar-refractivity contribution in [3.63, 3.8) is 0 Å². The van der Waals surface area contributed by atoms with E-state index < -0.39 is 0 Å². The molecule has 1 aliphatic carbocycles. The summed E-state index contributed by atoms with van der Waals surface area (Å²) in [5.41, 5.74) is 3.98. The van der Waals surface area contributed by atoms with Gasteiger partial charge in [0.05, 0.1) is 25.7 Å². The fourth-order valence-electron chi connectivity index (χ4n) is 4.66. The maximum absolute atomic E-state index is 5.65. The lowest BCUT2D eigenvalue weighted by molar-refractivity contribution is -0.131. The smallest absolute Gasteiger partial charge is 0.228 e. The van der Waals surface area contributed by atoms with Gasteiger partial charge in [0.2, 0.25) is 11.8 Å². The number of fused-ring (bicyclic) bond motifs is 2. The Morgan fingerprint density at radius 2 is 2.10 bits per heavy atom. The molecule has 1 spiro atoms. The Hall–Kier alpha value is -3.20. The number of hydrogen-bond donors (Lipinski definition) is 2. The average Bonchev–Trinajstić information content (AvgIpc) is 3.39. The summed E-state index contributed by atoms with van der Waals surface area (Å²) in [6, 6.07) is 4.33. The van der Waals surface area contributed by atoms with Crippen molar-refractivity contribution in [1.82, 2.24) is 29.5 Å². The van der Waals surface area contributed by atoms with Gasteiger partial charge in [-0.1, -0.05) is 0 Å². The molecule has 1 saturated heterocycles. The van der Waals surface area contributed by atoms with Crippen LogP contribution in [0.5, 0.6) is 5.88 Å². The molecule has 4 aromatic rings. The van der Waals surface area contributed by atoms with Gasteiger partial charge in [0.1, 0.15) is 12.0 Å². The lowest BCUT2D eigenvalue weighted by atomic mass is 9.71. The maximum Gasteiger partial charge on any atom is 0.228 e. The number of H-pyrrole nitrogens is 1. The van der Waals surface area contributed by atoms with Gasteiger partial charge in [-0.25, -0.2) is 0 Å². The van der Waals surface area contributed by atoms with Crippen LogP contribution in [0, 0.1) is 5.41 Å². The Kier molecular flexibility index (Phi) is 3.92. The van der Waals surface area contributed by atoms with Crippen LogP contribution < -0.4 is 10.1 Å². The van der Waals surface area contributed by atoms with E-state index in [-0.39, 0.29) is 0 Å². The highest BCUT2D eigenvalue weighted by atomic mass is 16.5. The third kappa shape index (κ3) is 2.80. The van der Waals surface area contributed by atoms with E-state index in [0.29, 0.717) is 23.3 Å². The van der Waals surface area contributed by atoms with Crippen LogP contribution in [-0.4, -0.2) is 55.9 Å². The molecule has 0 unspecified atom stereocenters. The number of pyridine rings is 1. The zero-order chi connectivity index (χ0) is 20.1. The number of nitrogens with one attached hydrogen (secondary N) is 2. The standard InChI is InChI=1S/C21H23N7O2/c1-29-19-17-15(13-2-3-16-27-23-12-28(16)9-13)8-22-18(17)25-20(26-19)24-14-4-6-21(7-5-14)10-30-11-21/h2-3,8-9,12,14H,4-7,10-11H2,1H3,(H2,22,24,25,26). The summed E-state index contributed by atoms with van der Waals surface area (Å²) in [5, 5.41) is 12.4. The van der Waals surface area contributed by atoms with Crippen molar-refractivity contribution in [2.45, 2.75) is 31.7 Å².